The molecule has 3 N–H and O–H groups in total. The Morgan fingerprint density at radius 1 is 1.33 bits per heavy atom. The number of nitrogens with one attached hydrogen (secondary N) is 1. The molecule has 0 heterocycles. The highest BCUT2D eigenvalue weighted by molar-refractivity contribution is 7.88. The smallest absolute Gasteiger partial charge is 0.215 e. The van der Waals surface area contributed by atoms with Gasteiger partial charge >= 0.3 is 0 Å². The van der Waals surface area contributed by atoms with Gasteiger partial charge in [-0.05, 0) is 11.1 Å². The lowest BCUT2D eigenvalue weighted by atomic mass is 10.1. The fourth-order valence-corrected chi connectivity index (χ4v) is 3.11. The highest BCUT2D eigenvalue weighted by atomic mass is 32.2. The van der Waals surface area contributed by atoms with E-state index in [2.05, 4.69) is 4.72 Å². The molecule has 7 heteroatoms. The molecule has 0 fully saturated rings. The molecule has 0 saturated carbocycles. The molecular formula is C11H18N2O3S2. The Labute approximate surface area is 110 Å². The maximum Gasteiger partial charge on any atom is 0.215 e. The molecule has 1 rings (SSSR count). The highest BCUT2D eigenvalue weighted by Crippen LogP contribution is 2.08. The van der Waals surface area contributed by atoms with Crippen LogP contribution in [0, 0.1) is 0 Å². The van der Waals surface area contributed by atoms with Crippen LogP contribution < -0.4 is 10.5 Å². The summed E-state index contributed by atoms with van der Waals surface area (Å²) in [5.41, 5.74) is 7.09. The Balaban J connectivity index is 2.61. The monoisotopic (exact) mass is 290 g/mol. The van der Waals surface area contributed by atoms with E-state index >= 15 is 0 Å². The van der Waals surface area contributed by atoms with E-state index in [1.165, 1.54) is 0 Å². The molecule has 1 atom stereocenters. The van der Waals surface area contributed by atoms with Gasteiger partial charge in [-0.25, -0.2) is 13.1 Å². The molecule has 0 aromatic heterocycles. The zero-order chi connectivity index (χ0) is 13.6. The molecule has 1 aromatic rings. The predicted molar refractivity (Wildman–Crippen MR) is 73.9 cm³/mol. The Morgan fingerprint density at radius 2 is 2.00 bits per heavy atom. The van der Waals surface area contributed by atoms with Crippen LogP contribution in [0.2, 0.25) is 0 Å². The van der Waals surface area contributed by atoms with E-state index in [-0.39, 0.29) is 12.3 Å². The SMILES string of the molecule is CS(=O)CCNS(=O)(=O)Cc1cccc(CN)c1. The maximum absolute atomic E-state index is 11.7. The van der Waals surface area contributed by atoms with Crippen molar-refractivity contribution in [2.45, 2.75) is 12.3 Å². The summed E-state index contributed by atoms with van der Waals surface area (Å²) < 4.78 is 36.7. The second-order valence-corrected chi connectivity index (χ2v) is 7.32. The molecule has 1 aromatic carbocycles. The summed E-state index contributed by atoms with van der Waals surface area (Å²) in [7, 11) is -4.38. The number of benzene rings is 1. The summed E-state index contributed by atoms with van der Waals surface area (Å²) in [6.07, 6.45) is 1.54. The Hall–Kier alpha value is -0.760. The Morgan fingerprint density at radius 3 is 2.61 bits per heavy atom. The molecule has 0 bridgehead atoms. The summed E-state index contributed by atoms with van der Waals surface area (Å²) in [4.78, 5) is 0. The van der Waals surface area contributed by atoms with Crippen LogP contribution in [0.3, 0.4) is 0 Å². The largest absolute Gasteiger partial charge is 0.326 e. The summed E-state index contributed by atoms with van der Waals surface area (Å²) in [6.45, 7) is 0.582. The highest BCUT2D eigenvalue weighted by Gasteiger charge is 2.11. The molecule has 0 radical (unpaired) electrons. The molecule has 18 heavy (non-hydrogen) atoms. The fourth-order valence-electron chi connectivity index (χ4n) is 1.46. The van der Waals surface area contributed by atoms with E-state index in [1.54, 1.807) is 24.5 Å². The van der Waals surface area contributed by atoms with Crippen molar-refractivity contribution in [1.82, 2.24) is 4.72 Å². The first-order valence-electron chi connectivity index (χ1n) is 5.48. The number of hydrogen-bond acceptors (Lipinski definition) is 4. The number of hydrogen-bond donors (Lipinski definition) is 2. The van der Waals surface area contributed by atoms with E-state index in [4.69, 9.17) is 5.73 Å². The number of rotatable bonds is 7. The van der Waals surface area contributed by atoms with Crippen molar-refractivity contribution in [3.63, 3.8) is 0 Å². The van der Waals surface area contributed by atoms with E-state index in [0.717, 1.165) is 5.56 Å². The Kier molecular flexibility index (Phi) is 5.94. The summed E-state index contributed by atoms with van der Waals surface area (Å²) in [5, 5.41) is 0. The van der Waals surface area contributed by atoms with Crippen LogP contribution in [0.15, 0.2) is 24.3 Å². The molecule has 0 amide bonds. The molecule has 0 aliphatic carbocycles. The minimum Gasteiger partial charge on any atom is -0.326 e. The third-order valence-electron chi connectivity index (χ3n) is 2.30. The predicted octanol–water partition coefficient (Wildman–Crippen LogP) is -0.0568. The molecule has 0 spiro atoms. The second kappa shape index (κ2) is 6.98. The quantitative estimate of drug-likeness (QED) is 0.736. The molecule has 0 aliphatic rings. The molecule has 0 aliphatic heterocycles. The molecule has 102 valence electrons. The first-order valence-corrected chi connectivity index (χ1v) is 8.86. The second-order valence-electron chi connectivity index (χ2n) is 3.95. The van der Waals surface area contributed by atoms with Crippen LogP contribution in [-0.2, 0) is 33.1 Å². The fraction of sp³-hybridized carbons (Fsp3) is 0.455. The molecular weight excluding hydrogens is 272 g/mol. The van der Waals surface area contributed by atoms with Crippen molar-refractivity contribution in [2.75, 3.05) is 18.6 Å². The van der Waals surface area contributed by atoms with Gasteiger partial charge in [0.15, 0.2) is 0 Å². The van der Waals surface area contributed by atoms with Crippen molar-refractivity contribution < 1.29 is 12.6 Å². The molecule has 1 unspecified atom stereocenters. The third-order valence-corrected chi connectivity index (χ3v) is 4.43. The van der Waals surface area contributed by atoms with Crippen LogP contribution in [0.5, 0.6) is 0 Å². The standard InChI is InChI=1S/C11H18N2O3S2/c1-17(14)6-5-13-18(15,16)9-11-4-2-3-10(7-11)8-12/h2-4,7,13H,5-6,8-9,12H2,1H3. The van der Waals surface area contributed by atoms with Crippen molar-refractivity contribution in [3.8, 4) is 0 Å². The first-order chi connectivity index (χ1) is 8.43. The van der Waals surface area contributed by atoms with Crippen LogP contribution in [0.1, 0.15) is 11.1 Å². The van der Waals surface area contributed by atoms with Gasteiger partial charge in [0.1, 0.15) is 0 Å². The average Bonchev–Trinajstić information content (AvgIpc) is 2.27. The normalized spacial score (nSPS) is 13.4. The average molecular weight is 290 g/mol. The van der Waals surface area contributed by atoms with Crippen LogP contribution in [0.25, 0.3) is 0 Å². The van der Waals surface area contributed by atoms with Crippen LogP contribution in [-0.4, -0.2) is 31.2 Å². The van der Waals surface area contributed by atoms with E-state index < -0.39 is 20.8 Å². The maximum atomic E-state index is 11.7. The lowest BCUT2D eigenvalue weighted by Crippen LogP contribution is -2.28. The van der Waals surface area contributed by atoms with E-state index in [9.17, 15) is 12.6 Å². The van der Waals surface area contributed by atoms with Crippen molar-refractivity contribution in [2.24, 2.45) is 5.73 Å². The van der Waals surface area contributed by atoms with Gasteiger partial charge in [-0.1, -0.05) is 24.3 Å². The summed E-state index contributed by atoms with van der Waals surface area (Å²) in [5.74, 6) is 0.235. The van der Waals surface area contributed by atoms with E-state index in [0.29, 0.717) is 17.9 Å². The van der Waals surface area contributed by atoms with Gasteiger partial charge in [-0.3, -0.25) is 4.21 Å². The molecule has 0 saturated heterocycles. The minimum absolute atomic E-state index is 0.0861. The van der Waals surface area contributed by atoms with Crippen molar-refractivity contribution >= 4 is 20.8 Å². The first kappa shape index (κ1) is 15.3. The van der Waals surface area contributed by atoms with Gasteiger partial charge in [0, 0.05) is 35.9 Å². The van der Waals surface area contributed by atoms with Crippen molar-refractivity contribution in [3.05, 3.63) is 35.4 Å². The molecule has 5 nitrogen and oxygen atoms in total. The van der Waals surface area contributed by atoms with Crippen LogP contribution >= 0.6 is 0 Å². The van der Waals surface area contributed by atoms with Gasteiger partial charge in [-0.2, -0.15) is 0 Å². The minimum atomic E-state index is -3.38. The number of sulfonamides is 1. The lowest BCUT2D eigenvalue weighted by molar-refractivity contribution is 0.583. The Bertz CT molecular complexity index is 515. The zero-order valence-corrected chi connectivity index (χ0v) is 11.9. The lowest BCUT2D eigenvalue weighted by Gasteiger charge is -2.07. The van der Waals surface area contributed by atoms with Gasteiger partial charge < -0.3 is 5.73 Å². The van der Waals surface area contributed by atoms with Crippen molar-refractivity contribution in [1.29, 1.82) is 0 Å². The van der Waals surface area contributed by atoms with Gasteiger partial charge in [0.05, 0.1) is 5.75 Å². The zero-order valence-electron chi connectivity index (χ0n) is 10.3. The van der Waals surface area contributed by atoms with Gasteiger partial charge in [0.25, 0.3) is 0 Å². The summed E-state index contributed by atoms with van der Waals surface area (Å²) >= 11 is 0. The topological polar surface area (TPSA) is 89.3 Å². The van der Waals surface area contributed by atoms with Crippen LogP contribution in [0.4, 0.5) is 0 Å². The third kappa shape index (κ3) is 5.72. The van der Waals surface area contributed by atoms with E-state index in [1.807, 2.05) is 6.07 Å². The van der Waals surface area contributed by atoms with Gasteiger partial charge in [0.2, 0.25) is 10.0 Å². The van der Waals surface area contributed by atoms with Gasteiger partial charge in [-0.15, -0.1) is 0 Å². The summed E-state index contributed by atoms with van der Waals surface area (Å²) in [6, 6.07) is 7.16. The number of nitrogens with two attached hydrogens (primary N) is 1.